The fourth-order valence-electron chi connectivity index (χ4n) is 4.80. The Bertz CT molecular complexity index is 1250. The Labute approximate surface area is 220 Å². The second-order valence-electron chi connectivity index (χ2n) is 9.27. The quantitative estimate of drug-likeness (QED) is 0.173. The molecule has 1 saturated carbocycles. The molecule has 0 bridgehead atoms. The van der Waals surface area contributed by atoms with Crippen LogP contribution in [0.3, 0.4) is 0 Å². The Morgan fingerprint density at radius 3 is 2.55 bits per heavy atom. The van der Waals surface area contributed by atoms with Crippen LogP contribution in [0.5, 0.6) is 5.75 Å². The van der Waals surface area contributed by atoms with Crippen molar-refractivity contribution in [1.29, 1.82) is 0 Å². The zero-order valence-electron chi connectivity index (χ0n) is 21.0. The molecule has 8 N–H and O–H groups in total. The third-order valence-corrected chi connectivity index (χ3v) is 7.13. The van der Waals surface area contributed by atoms with Crippen LogP contribution in [0.1, 0.15) is 37.7 Å². The summed E-state index contributed by atoms with van der Waals surface area (Å²) in [5.74, 6) is 0.192. The van der Waals surface area contributed by atoms with E-state index in [9.17, 15) is 9.36 Å². The lowest BCUT2D eigenvalue weighted by molar-refractivity contribution is -0.122. The number of carbonyl (C=O) groups excluding carboxylic acids is 1. The summed E-state index contributed by atoms with van der Waals surface area (Å²) >= 11 is 0. The number of carbonyl (C=O) groups is 1. The van der Waals surface area contributed by atoms with E-state index in [4.69, 9.17) is 31.7 Å². The Balaban J connectivity index is 1.49. The number of rotatable bonds is 9. The zero-order chi connectivity index (χ0) is 27.3. The molecule has 2 heterocycles. The minimum absolute atomic E-state index is 0.0197. The van der Waals surface area contributed by atoms with Crippen LogP contribution in [0.15, 0.2) is 48.6 Å². The minimum Gasteiger partial charge on any atom is -0.466 e. The maximum absolute atomic E-state index is 13.0. The molecule has 1 aromatic heterocycles. The number of piperazine rings is 1. The van der Waals surface area contributed by atoms with Gasteiger partial charge in [-0.3, -0.25) is 9.69 Å². The molecule has 0 unspecified atom stereocenters. The van der Waals surface area contributed by atoms with Crippen LogP contribution in [0.2, 0.25) is 0 Å². The molecule has 4 rings (SSSR count). The van der Waals surface area contributed by atoms with Crippen molar-refractivity contribution in [3.8, 4) is 5.75 Å². The van der Waals surface area contributed by atoms with Crippen molar-refractivity contribution in [2.75, 3.05) is 31.3 Å². The van der Waals surface area contributed by atoms with E-state index >= 15 is 0 Å². The van der Waals surface area contributed by atoms with Gasteiger partial charge in [-0.2, -0.15) is 5.10 Å². The lowest BCUT2D eigenvalue weighted by Gasteiger charge is -2.39. The molecule has 14 heteroatoms. The van der Waals surface area contributed by atoms with Gasteiger partial charge >= 0.3 is 7.82 Å². The zero-order valence-corrected chi connectivity index (χ0v) is 21.9. The smallest absolute Gasteiger partial charge is 0.466 e. The molecule has 206 valence electrons. The number of allylic oxidation sites excluding steroid dienone is 2. The number of anilines is 1. The molecule has 38 heavy (non-hydrogen) atoms. The molecule has 2 aliphatic rings. The topological polar surface area (TPSA) is 195 Å². The molecular weight excluding hydrogens is 513 g/mol. The minimum atomic E-state index is -4.70. The normalized spacial score (nSPS) is 18.0. The van der Waals surface area contributed by atoms with Gasteiger partial charge in [0, 0.05) is 30.4 Å². The first-order valence-corrected chi connectivity index (χ1v) is 13.9. The van der Waals surface area contributed by atoms with Crippen LogP contribution in [-0.2, 0) is 13.9 Å². The maximum Gasteiger partial charge on any atom is 0.472 e. The highest BCUT2D eigenvalue weighted by Gasteiger charge is 2.31. The van der Waals surface area contributed by atoms with Gasteiger partial charge in [0.2, 0.25) is 5.91 Å². The van der Waals surface area contributed by atoms with Crippen molar-refractivity contribution in [2.24, 2.45) is 17.2 Å². The summed E-state index contributed by atoms with van der Waals surface area (Å²) in [7, 11) is -4.70. The Morgan fingerprint density at radius 2 is 1.87 bits per heavy atom. The molecular formula is C24H34N7O6P. The summed E-state index contributed by atoms with van der Waals surface area (Å²) < 4.78 is 22.1. The fraction of sp³-hybridized carbons (Fsp3) is 0.417. The van der Waals surface area contributed by atoms with Crippen LogP contribution < -0.4 is 26.8 Å². The number of amides is 1. The largest absolute Gasteiger partial charge is 0.472 e. The van der Waals surface area contributed by atoms with Crippen molar-refractivity contribution >= 4 is 30.8 Å². The number of hydrogen-bond acceptors (Lipinski definition) is 9. The standard InChI is InChI=1S/C24H34N7O6P/c25-20(19-8-4-5-9-22(19)36-16-37-38(33,34)35)12-21(24(26)27)31-14-18(13-28-31)30-11-10-29(15-23(30)32)17-6-2-1-3-7-17/h4-5,8-9,12-14,17H,1-3,6-7,10-11,15-16,25-27H2,(H2,33,34,35)/b20-12-. The third-order valence-electron chi connectivity index (χ3n) is 6.69. The van der Waals surface area contributed by atoms with E-state index in [0.29, 0.717) is 30.4 Å². The fourth-order valence-corrected chi connectivity index (χ4v) is 4.99. The Morgan fingerprint density at radius 1 is 1.13 bits per heavy atom. The van der Waals surface area contributed by atoms with Gasteiger partial charge in [-0.1, -0.05) is 31.4 Å². The summed E-state index contributed by atoms with van der Waals surface area (Å²) in [5, 5.41) is 4.36. The van der Waals surface area contributed by atoms with E-state index < -0.39 is 14.6 Å². The van der Waals surface area contributed by atoms with Crippen molar-refractivity contribution in [3.05, 3.63) is 54.1 Å². The Hall–Kier alpha value is -3.35. The van der Waals surface area contributed by atoms with Crippen LogP contribution in [0.25, 0.3) is 11.4 Å². The van der Waals surface area contributed by atoms with E-state index in [1.165, 1.54) is 30.0 Å². The average Bonchev–Trinajstić information content (AvgIpc) is 3.36. The second kappa shape index (κ2) is 12.0. The molecule has 1 aliphatic carbocycles. The van der Waals surface area contributed by atoms with Gasteiger partial charge in [-0.05, 0) is 31.1 Å². The first-order chi connectivity index (χ1) is 18.1. The molecule has 0 radical (unpaired) electrons. The average molecular weight is 548 g/mol. The molecule has 2 fully saturated rings. The third kappa shape index (κ3) is 6.94. The van der Waals surface area contributed by atoms with Crippen molar-refractivity contribution < 1.29 is 28.4 Å². The van der Waals surface area contributed by atoms with Crippen LogP contribution >= 0.6 is 7.82 Å². The molecule has 1 aliphatic heterocycles. The molecule has 13 nitrogen and oxygen atoms in total. The van der Waals surface area contributed by atoms with Crippen molar-refractivity contribution in [3.63, 3.8) is 0 Å². The number of ether oxygens (including phenoxy) is 1. The lowest BCUT2D eigenvalue weighted by Crippen LogP contribution is -2.54. The number of aromatic nitrogens is 2. The first kappa shape index (κ1) is 27.7. The van der Waals surface area contributed by atoms with Crippen molar-refractivity contribution in [1.82, 2.24) is 14.7 Å². The van der Waals surface area contributed by atoms with E-state index in [1.54, 1.807) is 41.6 Å². The predicted molar refractivity (Wildman–Crippen MR) is 142 cm³/mol. The highest BCUT2D eigenvalue weighted by molar-refractivity contribution is 7.46. The van der Waals surface area contributed by atoms with Gasteiger partial charge in [-0.25, -0.2) is 13.8 Å². The number of hydrogen-bond donors (Lipinski definition) is 5. The molecule has 1 saturated heterocycles. The second-order valence-corrected chi connectivity index (χ2v) is 10.5. The number of benzene rings is 1. The summed E-state index contributed by atoms with van der Waals surface area (Å²) in [6.07, 6.45) is 10.8. The van der Waals surface area contributed by atoms with Gasteiger partial charge < -0.3 is 36.6 Å². The van der Waals surface area contributed by atoms with Gasteiger partial charge in [0.15, 0.2) is 6.79 Å². The number of nitrogens with two attached hydrogens (primary N) is 3. The van der Waals surface area contributed by atoms with Crippen molar-refractivity contribution in [2.45, 2.75) is 38.1 Å². The number of phosphoric ester groups is 1. The monoisotopic (exact) mass is 547 g/mol. The van der Waals surface area contributed by atoms with E-state index in [-0.39, 0.29) is 28.9 Å². The summed E-state index contributed by atoms with van der Waals surface area (Å²) in [6.45, 7) is 1.07. The summed E-state index contributed by atoms with van der Waals surface area (Å²) in [4.78, 5) is 34.7. The predicted octanol–water partition coefficient (Wildman–Crippen LogP) is 1.35. The molecule has 1 aromatic carbocycles. The van der Waals surface area contributed by atoms with Gasteiger partial charge in [0.1, 0.15) is 17.3 Å². The number of nitrogens with zero attached hydrogens (tertiary/aromatic N) is 4. The van der Waals surface area contributed by atoms with Gasteiger partial charge in [0.25, 0.3) is 0 Å². The summed E-state index contributed by atoms with van der Waals surface area (Å²) in [6, 6.07) is 7.09. The molecule has 0 atom stereocenters. The van der Waals surface area contributed by atoms with E-state index in [2.05, 4.69) is 14.5 Å². The van der Waals surface area contributed by atoms with Crippen LogP contribution in [0.4, 0.5) is 5.69 Å². The SMILES string of the molecule is NC(N)=C(/C=C(\N)c1ccccc1OCOP(=O)(O)O)n1cc(N2CCN(C3CCCCC3)CC2=O)cn1. The van der Waals surface area contributed by atoms with Gasteiger partial charge in [0.05, 0.1) is 24.6 Å². The summed E-state index contributed by atoms with van der Waals surface area (Å²) in [5.41, 5.74) is 19.7. The maximum atomic E-state index is 13.0. The molecule has 0 spiro atoms. The van der Waals surface area contributed by atoms with Crippen LogP contribution in [-0.4, -0.2) is 62.8 Å². The first-order valence-electron chi connectivity index (χ1n) is 12.4. The lowest BCUT2D eigenvalue weighted by atomic mass is 9.94. The van der Waals surface area contributed by atoms with Crippen LogP contribution in [0, 0.1) is 0 Å². The van der Waals surface area contributed by atoms with Gasteiger partial charge in [-0.15, -0.1) is 0 Å². The number of phosphoric acid groups is 1. The highest BCUT2D eigenvalue weighted by atomic mass is 31.2. The molecule has 1 amide bonds. The molecule has 2 aromatic rings. The number of para-hydroxylation sites is 1. The Kier molecular flexibility index (Phi) is 8.75. The van der Waals surface area contributed by atoms with E-state index in [0.717, 1.165) is 19.4 Å². The highest BCUT2D eigenvalue weighted by Crippen LogP contribution is 2.36. The van der Waals surface area contributed by atoms with E-state index in [1.807, 2.05) is 0 Å².